The van der Waals surface area contributed by atoms with E-state index in [2.05, 4.69) is 30.0 Å². The molecule has 0 radical (unpaired) electrons. The minimum Gasteiger partial charge on any atom is -0.464 e. The lowest BCUT2D eigenvalue weighted by Gasteiger charge is -2.32. The summed E-state index contributed by atoms with van der Waals surface area (Å²) >= 11 is 0. The summed E-state index contributed by atoms with van der Waals surface area (Å²) in [6.07, 6.45) is -2.49. The Hall–Kier alpha value is -3.10. The van der Waals surface area contributed by atoms with Gasteiger partial charge >= 0.3 is 12.1 Å². The summed E-state index contributed by atoms with van der Waals surface area (Å²) in [6, 6.07) is 0. The number of nitrogens with two attached hydrogens (primary N) is 1. The molecule has 0 amide bonds. The third-order valence-corrected chi connectivity index (χ3v) is 3.70. The predicted octanol–water partition coefficient (Wildman–Crippen LogP) is 0.221. The number of methoxy groups -OCH3 is 1. The van der Waals surface area contributed by atoms with Crippen molar-refractivity contribution in [2.45, 2.75) is 31.0 Å². The number of nitrogens with one attached hydrogen (secondary N) is 1. The molecule has 0 bridgehead atoms. The summed E-state index contributed by atoms with van der Waals surface area (Å²) in [4.78, 5) is 25.3. The van der Waals surface area contributed by atoms with E-state index in [-0.39, 0.29) is 11.5 Å². The van der Waals surface area contributed by atoms with Crippen LogP contribution in [0.2, 0.25) is 0 Å². The number of hydrogen-bond acceptors (Lipinski definition) is 11. The lowest BCUT2D eigenvalue weighted by molar-refractivity contribution is -0.141. The number of nitrogens with zero attached hydrogens (tertiary/aromatic N) is 4. The van der Waals surface area contributed by atoms with Gasteiger partial charge in [0.05, 0.1) is 44.6 Å². The maximum absolute atomic E-state index is 11.8. The first-order chi connectivity index (χ1) is 14.1. The molecule has 0 aromatic carbocycles. The Morgan fingerprint density at radius 1 is 1.27 bits per heavy atom. The van der Waals surface area contributed by atoms with Crippen LogP contribution in [0.4, 0.5) is 24.8 Å². The van der Waals surface area contributed by atoms with Crippen LogP contribution < -0.4 is 11.1 Å². The van der Waals surface area contributed by atoms with E-state index in [4.69, 9.17) is 10.5 Å². The van der Waals surface area contributed by atoms with Crippen LogP contribution in [-0.4, -0.2) is 68.3 Å². The molecule has 11 nitrogen and oxygen atoms in total. The van der Waals surface area contributed by atoms with E-state index in [9.17, 15) is 28.2 Å². The average molecular weight is 432 g/mol. The molecular weight excluding hydrogens is 413 g/mol. The quantitative estimate of drug-likeness (QED) is 0.490. The second-order valence-corrected chi connectivity index (χ2v) is 5.89. The van der Waals surface area contributed by atoms with Gasteiger partial charge in [0, 0.05) is 0 Å². The van der Waals surface area contributed by atoms with Gasteiger partial charge in [-0.15, -0.1) is 0 Å². The topological polar surface area (TPSA) is 166 Å². The fourth-order valence-electron chi connectivity index (χ4n) is 2.19. The van der Waals surface area contributed by atoms with E-state index in [0.29, 0.717) is 25.0 Å². The van der Waals surface area contributed by atoms with Gasteiger partial charge in [0.15, 0.2) is 17.6 Å². The highest BCUT2D eigenvalue weighted by atomic mass is 19.4. The van der Waals surface area contributed by atoms with Crippen LogP contribution in [0.15, 0.2) is 24.8 Å². The standard InChI is InChI=1S/C11H15N3O5.C5H4F3N3/c1-18-11(17)6-4-13-8(5-12-6)14-10-9(16)7(15)2-3-19-10;6-5(7,8)3-1-10-2-4(9)11-3/h4-5,7,9-10,15-16H,2-3H2,1H3,(H,13,14);1-2H,(H2,9,11). The van der Waals surface area contributed by atoms with Crippen molar-refractivity contribution in [3.8, 4) is 0 Å². The fourth-order valence-corrected chi connectivity index (χ4v) is 2.19. The van der Waals surface area contributed by atoms with Crippen LogP contribution in [0.5, 0.6) is 0 Å². The number of nitrogen functional groups attached to an aromatic ring is 1. The lowest BCUT2D eigenvalue weighted by atomic mass is 10.1. The van der Waals surface area contributed by atoms with E-state index in [1.807, 2.05) is 0 Å². The molecule has 5 N–H and O–H groups in total. The van der Waals surface area contributed by atoms with Crippen LogP contribution in [0.3, 0.4) is 0 Å². The minimum atomic E-state index is -4.47. The van der Waals surface area contributed by atoms with Crippen molar-refractivity contribution in [1.82, 2.24) is 19.9 Å². The Balaban J connectivity index is 0.000000248. The van der Waals surface area contributed by atoms with Crippen molar-refractivity contribution >= 4 is 17.6 Å². The number of ether oxygens (including phenoxy) is 2. The van der Waals surface area contributed by atoms with Crippen molar-refractivity contribution in [1.29, 1.82) is 0 Å². The zero-order valence-electron chi connectivity index (χ0n) is 15.6. The van der Waals surface area contributed by atoms with E-state index in [0.717, 1.165) is 6.20 Å². The van der Waals surface area contributed by atoms with Crippen molar-refractivity contribution < 1.29 is 37.7 Å². The van der Waals surface area contributed by atoms with Crippen molar-refractivity contribution in [3.63, 3.8) is 0 Å². The summed E-state index contributed by atoms with van der Waals surface area (Å²) in [5.41, 5.74) is 3.99. The Labute approximate surface area is 168 Å². The normalized spacial score (nSPS) is 21.2. The molecule has 2 aromatic rings. The zero-order valence-corrected chi connectivity index (χ0v) is 15.6. The summed E-state index contributed by atoms with van der Waals surface area (Å²) in [5.74, 6) is -0.492. The van der Waals surface area contributed by atoms with Crippen molar-refractivity contribution in [2.24, 2.45) is 0 Å². The second-order valence-electron chi connectivity index (χ2n) is 5.89. The molecule has 14 heteroatoms. The largest absolute Gasteiger partial charge is 0.464 e. The number of esters is 1. The number of carbonyl (C=O) groups excluding carboxylic acids is 1. The Morgan fingerprint density at radius 3 is 2.53 bits per heavy atom. The Kier molecular flexibility index (Phi) is 7.79. The SMILES string of the molecule is COC(=O)c1cnc(NC2OCCC(O)C2O)cn1.Nc1cncc(C(F)(F)F)n1. The number of aliphatic hydroxyl groups is 2. The van der Waals surface area contributed by atoms with Crippen molar-refractivity contribution in [2.75, 3.05) is 24.8 Å². The molecule has 164 valence electrons. The van der Waals surface area contributed by atoms with Crippen LogP contribution in [0.1, 0.15) is 22.6 Å². The molecule has 1 saturated heterocycles. The Bertz CT molecular complexity index is 839. The van der Waals surface area contributed by atoms with Crippen LogP contribution in [-0.2, 0) is 15.7 Å². The monoisotopic (exact) mass is 432 g/mol. The van der Waals surface area contributed by atoms with Crippen LogP contribution in [0.25, 0.3) is 0 Å². The summed E-state index contributed by atoms with van der Waals surface area (Å²) in [6.45, 7) is 0.337. The number of halogens is 3. The first kappa shape index (κ1) is 23.2. The molecule has 3 unspecified atom stereocenters. The first-order valence-electron chi connectivity index (χ1n) is 8.41. The highest BCUT2D eigenvalue weighted by Gasteiger charge is 2.33. The number of hydrogen-bond donors (Lipinski definition) is 4. The van der Waals surface area contributed by atoms with Gasteiger partial charge in [-0.25, -0.2) is 19.7 Å². The van der Waals surface area contributed by atoms with E-state index in [1.165, 1.54) is 19.5 Å². The third-order valence-electron chi connectivity index (χ3n) is 3.70. The lowest BCUT2D eigenvalue weighted by Crippen LogP contribution is -2.48. The molecule has 2 aromatic heterocycles. The third kappa shape index (κ3) is 6.47. The molecule has 30 heavy (non-hydrogen) atoms. The van der Waals surface area contributed by atoms with Gasteiger partial charge in [-0.1, -0.05) is 0 Å². The van der Waals surface area contributed by atoms with Gasteiger partial charge in [-0.2, -0.15) is 13.2 Å². The first-order valence-corrected chi connectivity index (χ1v) is 8.41. The molecule has 3 atom stereocenters. The molecule has 3 rings (SSSR count). The Morgan fingerprint density at radius 2 is 2.00 bits per heavy atom. The highest BCUT2D eigenvalue weighted by molar-refractivity contribution is 5.86. The molecule has 3 heterocycles. The summed E-state index contributed by atoms with van der Waals surface area (Å²) in [7, 11) is 1.25. The van der Waals surface area contributed by atoms with Gasteiger partial charge in [0.25, 0.3) is 0 Å². The van der Waals surface area contributed by atoms with Gasteiger partial charge in [-0.05, 0) is 6.42 Å². The molecule has 1 aliphatic rings. The van der Waals surface area contributed by atoms with Gasteiger partial charge < -0.3 is 30.7 Å². The fraction of sp³-hybridized carbons (Fsp3) is 0.438. The van der Waals surface area contributed by atoms with Gasteiger partial charge in [-0.3, -0.25) is 4.98 Å². The molecule has 0 aliphatic carbocycles. The van der Waals surface area contributed by atoms with E-state index in [1.54, 1.807) is 0 Å². The van der Waals surface area contributed by atoms with Crippen molar-refractivity contribution in [3.05, 3.63) is 36.2 Å². The molecule has 1 aliphatic heterocycles. The molecule has 0 spiro atoms. The highest BCUT2D eigenvalue weighted by Crippen LogP contribution is 2.26. The maximum atomic E-state index is 11.8. The average Bonchev–Trinajstić information content (AvgIpc) is 2.71. The minimum absolute atomic E-state index is 0.0817. The van der Waals surface area contributed by atoms with Gasteiger partial charge in [0.2, 0.25) is 0 Å². The molecular formula is C16H19F3N6O5. The van der Waals surface area contributed by atoms with Crippen LogP contribution >= 0.6 is 0 Å². The van der Waals surface area contributed by atoms with Gasteiger partial charge in [0.1, 0.15) is 17.7 Å². The molecule has 1 fully saturated rings. The number of aliphatic hydroxyl groups excluding tert-OH is 2. The zero-order chi connectivity index (χ0) is 22.3. The smallest absolute Gasteiger partial charge is 0.434 e. The number of aromatic nitrogens is 4. The summed E-state index contributed by atoms with van der Waals surface area (Å²) in [5, 5.41) is 22.0. The van der Waals surface area contributed by atoms with Crippen LogP contribution in [0, 0.1) is 0 Å². The summed E-state index contributed by atoms with van der Waals surface area (Å²) < 4.78 is 45.2. The number of anilines is 2. The number of carbonyl (C=O) groups is 1. The molecule has 0 saturated carbocycles. The van der Waals surface area contributed by atoms with E-state index >= 15 is 0 Å². The maximum Gasteiger partial charge on any atom is 0.434 e. The number of alkyl halides is 3. The second kappa shape index (κ2) is 10.1. The number of rotatable bonds is 3. The predicted molar refractivity (Wildman–Crippen MR) is 94.8 cm³/mol. The van der Waals surface area contributed by atoms with E-state index < -0.39 is 36.3 Å².